The number of morpholine rings is 1. The van der Waals surface area contributed by atoms with Crippen molar-refractivity contribution in [2.75, 3.05) is 50.7 Å². The molecule has 8 nitrogen and oxygen atoms in total. The summed E-state index contributed by atoms with van der Waals surface area (Å²) in [6, 6.07) is 15.8. The molecule has 0 bridgehead atoms. The van der Waals surface area contributed by atoms with E-state index in [2.05, 4.69) is 5.32 Å². The average molecular weight is 612 g/mol. The maximum Gasteiger partial charge on any atom is 0.416 e. The van der Waals surface area contributed by atoms with Gasteiger partial charge in [0.2, 0.25) is 11.8 Å². The molecule has 11 heteroatoms. The largest absolute Gasteiger partial charge is 0.493 e. The van der Waals surface area contributed by atoms with E-state index in [4.69, 9.17) is 14.2 Å². The number of carbonyl (C=O) groups excluding carboxylic acids is 2. The van der Waals surface area contributed by atoms with E-state index in [0.29, 0.717) is 49.1 Å². The molecule has 0 saturated carbocycles. The summed E-state index contributed by atoms with van der Waals surface area (Å²) in [6.07, 6.45) is -4.29. The molecular formula is C33H36F3N3O5. The number of hydrogen-bond acceptors (Lipinski definition) is 6. The summed E-state index contributed by atoms with van der Waals surface area (Å²) in [6.45, 7) is 4.10. The lowest BCUT2D eigenvalue weighted by Gasteiger charge is -2.41. The second kappa shape index (κ2) is 13.3. The molecule has 5 rings (SSSR count). The molecule has 44 heavy (non-hydrogen) atoms. The Morgan fingerprint density at radius 2 is 1.68 bits per heavy atom. The Bertz CT molecular complexity index is 1490. The number of ether oxygens (including phenoxy) is 3. The first-order chi connectivity index (χ1) is 21.1. The molecule has 2 heterocycles. The number of amides is 2. The third-order valence-electron chi connectivity index (χ3n) is 8.18. The molecule has 2 aliphatic rings. The Balaban J connectivity index is 1.49. The van der Waals surface area contributed by atoms with Crippen LogP contribution < -0.4 is 19.7 Å². The van der Waals surface area contributed by atoms with Gasteiger partial charge in [-0.15, -0.1) is 0 Å². The number of benzene rings is 3. The van der Waals surface area contributed by atoms with Crippen LogP contribution >= 0.6 is 0 Å². The van der Waals surface area contributed by atoms with Crippen LogP contribution in [0, 0.1) is 12.8 Å². The SMILES string of the molecule is COc1ccc(C2C(C(=O)Nc3ccc(CN4CCOCC4)c(C(F)(F)F)c3)CCC(=O)N2c2ccc(C)cc2)cc1OC. The summed E-state index contributed by atoms with van der Waals surface area (Å²) in [4.78, 5) is 30.9. The van der Waals surface area contributed by atoms with Crippen LogP contribution in [0.2, 0.25) is 0 Å². The van der Waals surface area contributed by atoms with E-state index in [9.17, 15) is 22.8 Å². The number of hydrogen-bond donors (Lipinski definition) is 1. The Labute approximate surface area is 254 Å². The molecule has 0 spiro atoms. The summed E-state index contributed by atoms with van der Waals surface area (Å²) >= 11 is 0. The fraction of sp³-hybridized carbons (Fsp3) is 0.394. The number of anilines is 2. The van der Waals surface area contributed by atoms with Crippen molar-refractivity contribution in [3.63, 3.8) is 0 Å². The minimum Gasteiger partial charge on any atom is -0.493 e. The summed E-state index contributed by atoms with van der Waals surface area (Å²) in [7, 11) is 3.01. The highest BCUT2D eigenvalue weighted by Gasteiger charge is 2.42. The molecule has 0 radical (unpaired) electrons. The van der Waals surface area contributed by atoms with Crippen molar-refractivity contribution in [3.05, 3.63) is 82.9 Å². The Morgan fingerprint density at radius 3 is 2.34 bits per heavy atom. The van der Waals surface area contributed by atoms with E-state index in [1.807, 2.05) is 36.1 Å². The van der Waals surface area contributed by atoms with Crippen molar-refractivity contribution < 1.29 is 37.0 Å². The second-order valence-electron chi connectivity index (χ2n) is 11.1. The number of methoxy groups -OCH3 is 2. The van der Waals surface area contributed by atoms with Crippen LogP contribution in [0.15, 0.2) is 60.7 Å². The molecule has 2 fully saturated rings. The highest BCUT2D eigenvalue weighted by molar-refractivity contribution is 6.00. The molecule has 234 valence electrons. The van der Waals surface area contributed by atoms with Crippen LogP contribution in [0.25, 0.3) is 0 Å². The summed E-state index contributed by atoms with van der Waals surface area (Å²) in [5.74, 6) is -0.503. The normalized spacial score (nSPS) is 19.5. The number of piperidine rings is 1. The quantitative estimate of drug-likeness (QED) is 0.337. The molecular weight excluding hydrogens is 575 g/mol. The molecule has 3 aromatic carbocycles. The Hall–Kier alpha value is -4.09. The van der Waals surface area contributed by atoms with Crippen molar-refractivity contribution in [3.8, 4) is 11.5 Å². The van der Waals surface area contributed by atoms with E-state index >= 15 is 0 Å². The molecule has 3 aromatic rings. The van der Waals surface area contributed by atoms with Crippen molar-refractivity contribution in [1.29, 1.82) is 0 Å². The lowest BCUT2D eigenvalue weighted by molar-refractivity contribution is -0.138. The third kappa shape index (κ3) is 6.84. The van der Waals surface area contributed by atoms with E-state index in [-0.39, 0.29) is 36.5 Å². The van der Waals surface area contributed by atoms with Gasteiger partial charge >= 0.3 is 6.18 Å². The first kappa shape index (κ1) is 31.3. The predicted octanol–water partition coefficient (Wildman–Crippen LogP) is 5.99. The highest BCUT2D eigenvalue weighted by atomic mass is 19.4. The average Bonchev–Trinajstić information content (AvgIpc) is 3.01. The third-order valence-corrected chi connectivity index (χ3v) is 8.18. The zero-order valence-electron chi connectivity index (χ0n) is 24.9. The molecule has 2 aliphatic heterocycles. The summed E-state index contributed by atoms with van der Waals surface area (Å²) in [5.41, 5.74) is 1.64. The molecule has 2 atom stereocenters. The first-order valence-electron chi connectivity index (χ1n) is 14.5. The number of aryl methyl sites for hydroxylation is 1. The van der Waals surface area contributed by atoms with E-state index in [1.54, 1.807) is 23.1 Å². The summed E-state index contributed by atoms with van der Waals surface area (Å²) < 4.78 is 58.8. The van der Waals surface area contributed by atoms with Gasteiger partial charge < -0.3 is 24.4 Å². The highest BCUT2D eigenvalue weighted by Crippen LogP contribution is 2.43. The van der Waals surface area contributed by atoms with Gasteiger partial charge in [-0.1, -0.05) is 29.8 Å². The van der Waals surface area contributed by atoms with Crippen LogP contribution in [-0.2, 0) is 27.0 Å². The van der Waals surface area contributed by atoms with Gasteiger partial charge in [0.15, 0.2) is 11.5 Å². The van der Waals surface area contributed by atoms with Crippen LogP contribution in [0.1, 0.15) is 41.1 Å². The van der Waals surface area contributed by atoms with Gasteiger partial charge in [0, 0.05) is 37.4 Å². The standard InChI is InChI=1S/C33H36F3N3O5/c1-21-4-9-25(10-5-21)39-30(40)13-11-26(31(39)22-7-12-28(42-2)29(18-22)43-3)32(41)37-24-8-6-23(27(19-24)33(34,35)36)20-38-14-16-44-17-15-38/h4-10,12,18-19,26,31H,11,13-17,20H2,1-3H3,(H,37,41). The Kier molecular flexibility index (Phi) is 9.45. The molecule has 2 unspecified atom stereocenters. The number of nitrogens with zero attached hydrogens (tertiary/aromatic N) is 2. The fourth-order valence-electron chi connectivity index (χ4n) is 5.89. The maximum absolute atomic E-state index is 14.2. The smallest absolute Gasteiger partial charge is 0.416 e. The molecule has 0 aliphatic carbocycles. The first-order valence-corrected chi connectivity index (χ1v) is 14.5. The van der Waals surface area contributed by atoms with Gasteiger partial charge in [0.1, 0.15) is 0 Å². The van der Waals surface area contributed by atoms with E-state index in [1.165, 1.54) is 26.4 Å². The van der Waals surface area contributed by atoms with Crippen molar-refractivity contribution in [2.24, 2.45) is 5.92 Å². The minimum atomic E-state index is -4.61. The summed E-state index contributed by atoms with van der Waals surface area (Å²) in [5, 5.41) is 2.74. The van der Waals surface area contributed by atoms with Crippen LogP contribution in [0.3, 0.4) is 0 Å². The molecule has 2 amide bonds. The maximum atomic E-state index is 14.2. The monoisotopic (exact) mass is 611 g/mol. The van der Waals surface area contributed by atoms with Gasteiger partial charge in [-0.25, -0.2) is 0 Å². The van der Waals surface area contributed by atoms with Crippen molar-refractivity contribution in [1.82, 2.24) is 4.90 Å². The molecule has 1 N–H and O–H groups in total. The number of carbonyl (C=O) groups is 2. The predicted molar refractivity (Wildman–Crippen MR) is 160 cm³/mol. The zero-order valence-corrected chi connectivity index (χ0v) is 24.9. The number of halogens is 3. The van der Waals surface area contributed by atoms with Gasteiger partial charge in [-0.2, -0.15) is 13.2 Å². The van der Waals surface area contributed by atoms with Crippen LogP contribution in [0.5, 0.6) is 11.5 Å². The van der Waals surface area contributed by atoms with Gasteiger partial charge in [0.05, 0.1) is 45.0 Å². The van der Waals surface area contributed by atoms with Crippen molar-refractivity contribution >= 4 is 23.2 Å². The van der Waals surface area contributed by atoms with E-state index in [0.717, 1.165) is 11.6 Å². The van der Waals surface area contributed by atoms with Crippen LogP contribution in [0.4, 0.5) is 24.5 Å². The number of rotatable bonds is 8. The lowest BCUT2D eigenvalue weighted by Crippen LogP contribution is -2.47. The topological polar surface area (TPSA) is 80.3 Å². The second-order valence-corrected chi connectivity index (χ2v) is 11.1. The van der Waals surface area contributed by atoms with Gasteiger partial charge in [-0.3, -0.25) is 14.5 Å². The molecule has 2 saturated heterocycles. The number of nitrogens with one attached hydrogen (secondary N) is 1. The number of alkyl halides is 3. The van der Waals surface area contributed by atoms with E-state index < -0.39 is 29.6 Å². The van der Waals surface area contributed by atoms with Gasteiger partial charge in [-0.05, 0) is 60.9 Å². The molecule has 0 aromatic heterocycles. The zero-order chi connectivity index (χ0) is 31.4. The fourth-order valence-corrected chi connectivity index (χ4v) is 5.89. The van der Waals surface area contributed by atoms with Crippen molar-refractivity contribution in [2.45, 2.75) is 38.5 Å². The lowest BCUT2D eigenvalue weighted by atomic mass is 9.83. The van der Waals surface area contributed by atoms with Crippen LogP contribution in [-0.4, -0.2) is 57.2 Å². The van der Waals surface area contributed by atoms with Gasteiger partial charge in [0.25, 0.3) is 0 Å². The minimum absolute atomic E-state index is 0.0397. The Morgan fingerprint density at radius 1 is 0.977 bits per heavy atom.